The van der Waals surface area contributed by atoms with E-state index in [1.54, 1.807) is 0 Å². The topological polar surface area (TPSA) is 17.1 Å². The van der Waals surface area contributed by atoms with Gasteiger partial charge in [0.2, 0.25) is 0 Å². The Morgan fingerprint density at radius 3 is 2.81 bits per heavy atom. The molecule has 0 heterocycles. The van der Waals surface area contributed by atoms with Gasteiger partial charge in [-0.2, -0.15) is 0 Å². The molecule has 1 aromatic carbocycles. The van der Waals surface area contributed by atoms with Gasteiger partial charge in [0.1, 0.15) is 0 Å². The van der Waals surface area contributed by atoms with Crippen LogP contribution in [0.2, 0.25) is 0 Å². The Balaban J connectivity index is 2.38. The highest BCUT2D eigenvalue weighted by atomic mass is 16.1. The Kier molecular flexibility index (Phi) is 3.35. The van der Waals surface area contributed by atoms with Gasteiger partial charge in [0.15, 0.2) is 5.78 Å². The Bertz CT molecular complexity index is 441. The summed E-state index contributed by atoms with van der Waals surface area (Å²) in [5.41, 5.74) is 3.67. The highest BCUT2D eigenvalue weighted by molar-refractivity contribution is 5.98. The third kappa shape index (κ3) is 2.30. The second kappa shape index (κ2) is 4.93. The van der Waals surface area contributed by atoms with Crippen LogP contribution in [0.5, 0.6) is 0 Å². The molecule has 0 saturated heterocycles. The van der Waals surface area contributed by atoms with E-state index in [0.717, 1.165) is 19.3 Å². The SMILES string of the molecule is C=CCc1ccccc1C1=CC(=O)CCC1. The molecular weight excluding hydrogens is 196 g/mol. The highest BCUT2D eigenvalue weighted by Crippen LogP contribution is 2.28. The summed E-state index contributed by atoms with van der Waals surface area (Å²) in [4.78, 5) is 11.4. The lowest BCUT2D eigenvalue weighted by Crippen LogP contribution is -2.03. The summed E-state index contributed by atoms with van der Waals surface area (Å²) in [7, 11) is 0. The van der Waals surface area contributed by atoms with Crippen molar-refractivity contribution in [2.75, 3.05) is 0 Å². The summed E-state index contributed by atoms with van der Waals surface area (Å²) in [6.45, 7) is 3.77. The van der Waals surface area contributed by atoms with Crippen molar-refractivity contribution in [3.8, 4) is 0 Å². The smallest absolute Gasteiger partial charge is 0.155 e. The summed E-state index contributed by atoms with van der Waals surface area (Å²) in [6, 6.07) is 8.27. The molecule has 0 N–H and O–H groups in total. The molecule has 0 unspecified atom stereocenters. The number of rotatable bonds is 3. The maximum atomic E-state index is 11.4. The minimum Gasteiger partial charge on any atom is -0.295 e. The van der Waals surface area contributed by atoms with Gasteiger partial charge in [0.05, 0.1) is 0 Å². The number of allylic oxidation sites excluding steroid dienone is 3. The van der Waals surface area contributed by atoms with Crippen molar-refractivity contribution in [2.45, 2.75) is 25.7 Å². The van der Waals surface area contributed by atoms with Gasteiger partial charge < -0.3 is 0 Å². The van der Waals surface area contributed by atoms with Crippen LogP contribution in [-0.2, 0) is 11.2 Å². The Morgan fingerprint density at radius 2 is 2.06 bits per heavy atom. The van der Waals surface area contributed by atoms with E-state index in [1.165, 1.54) is 16.7 Å². The molecule has 2 rings (SSSR count). The molecule has 0 saturated carbocycles. The first kappa shape index (κ1) is 10.9. The predicted octanol–water partition coefficient (Wildman–Crippen LogP) is 3.55. The zero-order chi connectivity index (χ0) is 11.4. The van der Waals surface area contributed by atoms with E-state index in [0.29, 0.717) is 6.42 Å². The van der Waals surface area contributed by atoms with Crippen LogP contribution >= 0.6 is 0 Å². The maximum absolute atomic E-state index is 11.4. The molecule has 0 radical (unpaired) electrons. The third-order valence-corrected chi connectivity index (χ3v) is 2.93. The number of hydrogen-bond donors (Lipinski definition) is 0. The Morgan fingerprint density at radius 1 is 1.25 bits per heavy atom. The van der Waals surface area contributed by atoms with Gasteiger partial charge in [-0.15, -0.1) is 6.58 Å². The summed E-state index contributed by atoms with van der Waals surface area (Å²) in [5, 5.41) is 0. The van der Waals surface area contributed by atoms with Crippen molar-refractivity contribution in [2.24, 2.45) is 0 Å². The van der Waals surface area contributed by atoms with Gasteiger partial charge in [-0.25, -0.2) is 0 Å². The van der Waals surface area contributed by atoms with Gasteiger partial charge in [-0.05, 0) is 42.0 Å². The number of benzene rings is 1. The van der Waals surface area contributed by atoms with E-state index in [-0.39, 0.29) is 5.78 Å². The van der Waals surface area contributed by atoms with Gasteiger partial charge in [0.25, 0.3) is 0 Å². The van der Waals surface area contributed by atoms with Crippen molar-refractivity contribution >= 4 is 11.4 Å². The zero-order valence-electron chi connectivity index (χ0n) is 9.41. The fraction of sp³-hybridized carbons (Fsp3) is 0.267. The van der Waals surface area contributed by atoms with Crippen molar-refractivity contribution in [3.05, 3.63) is 54.1 Å². The van der Waals surface area contributed by atoms with Crippen LogP contribution in [-0.4, -0.2) is 5.78 Å². The monoisotopic (exact) mass is 212 g/mol. The lowest BCUT2D eigenvalue weighted by Gasteiger charge is -2.15. The van der Waals surface area contributed by atoms with Gasteiger partial charge in [-0.3, -0.25) is 4.79 Å². The van der Waals surface area contributed by atoms with Gasteiger partial charge >= 0.3 is 0 Å². The largest absolute Gasteiger partial charge is 0.295 e. The average molecular weight is 212 g/mol. The zero-order valence-corrected chi connectivity index (χ0v) is 9.41. The second-order valence-electron chi connectivity index (χ2n) is 4.14. The molecule has 0 aromatic heterocycles. The minimum absolute atomic E-state index is 0.259. The molecule has 0 fully saturated rings. The predicted molar refractivity (Wildman–Crippen MR) is 67.2 cm³/mol. The molecule has 1 aliphatic rings. The van der Waals surface area contributed by atoms with Gasteiger partial charge in [0, 0.05) is 6.42 Å². The first-order valence-electron chi connectivity index (χ1n) is 5.74. The van der Waals surface area contributed by atoms with E-state index >= 15 is 0 Å². The lowest BCUT2D eigenvalue weighted by atomic mass is 9.89. The van der Waals surface area contributed by atoms with E-state index in [4.69, 9.17) is 0 Å². The minimum atomic E-state index is 0.259. The van der Waals surface area contributed by atoms with Crippen LogP contribution in [0.25, 0.3) is 5.57 Å². The van der Waals surface area contributed by atoms with Crippen LogP contribution in [0.4, 0.5) is 0 Å². The fourth-order valence-corrected chi connectivity index (χ4v) is 2.17. The van der Waals surface area contributed by atoms with Gasteiger partial charge in [-0.1, -0.05) is 30.3 Å². The fourth-order valence-electron chi connectivity index (χ4n) is 2.17. The van der Waals surface area contributed by atoms with E-state index in [2.05, 4.69) is 18.7 Å². The standard InChI is InChI=1S/C15H16O/c1-2-6-12-7-3-4-10-15(12)13-8-5-9-14(16)11-13/h2-4,7,10-11H,1,5-6,8-9H2. The molecule has 16 heavy (non-hydrogen) atoms. The third-order valence-electron chi connectivity index (χ3n) is 2.93. The summed E-state index contributed by atoms with van der Waals surface area (Å²) in [6.07, 6.45) is 7.28. The van der Waals surface area contributed by atoms with Crippen LogP contribution in [0.1, 0.15) is 30.4 Å². The first-order chi connectivity index (χ1) is 7.81. The van der Waals surface area contributed by atoms with E-state index in [1.807, 2.05) is 24.3 Å². The second-order valence-corrected chi connectivity index (χ2v) is 4.14. The highest BCUT2D eigenvalue weighted by Gasteiger charge is 2.13. The number of carbonyl (C=O) groups excluding carboxylic acids is 1. The summed E-state index contributed by atoms with van der Waals surface area (Å²) in [5.74, 6) is 0.259. The number of hydrogen-bond acceptors (Lipinski definition) is 1. The first-order valence-corrected chi connectivity index (χ1v) is 5.74. The molecule has 1 heteroatoms. The molecule has 0 amide bonds. The molecule has 0 aliphatic heterocycles. The normalized spacial score (nSPS) is 15.8. The van der Waals surface area contributed by atoms with Crippen molar-refractivity contribution in [1.29, 1.82) is 0 Å². The molecular formula is C15H16O. The summed E-state index contributed by atoms with van der Waals surface area (Å²) >= 11 is 0. The molecule has 1 aliphatic carbocycles. The van der Waals surface area contributed by atoms with Crippen LogP contribution in [0.15, 0.2) is 43.0 Å². The molecule has 1 aromatic rings. The molecule has 0 spiro atoms. The Labute approximate surface area is 96.5 Å². The average Bonchev–Trinajstić information content (AvgIpc) is 2.30. The molecule has 0 atom stereocenters. The number of ketones is 1. The van der Waals surface area contributed by atoms with E-state index < -0.39 is 0 Å². The van der Waals surface area contributed by atoms with Crippen LogP contribution in [0.3, 0.4) is 0 Å². The van der Waals surface area contributed by atoms with Crippen molar-refractivity contribution in [1.82, 2.24) is 0 Å². The van der Waals surface area contributed by atoms with Crippen molar-refractivity contribution < 1.29 is 4.79 Å². The Hall–Kier alpha value is -1.63. The molecule has 0 bridgehead atoms. The number of carbonyl (C=O) groups is 1. The van der Waals surface area contributed by atoms with E-state index in [9.17, 15) is 4.79 Å². The maximum Gasteiger partial charge on any atom is 0.155 e. The quantitative estimate of drug-likeness (QED) is 0.700. The van der Waals surface area contributed by atoms with Crippen LogP contribution in [0, 0.1) is 0 Å². The van der Waals surface area contributed by atoms with Crippen LogP contribution < -0.4 is 0 Å². The molecule has 1 nitrogen and oxygen atoms in total. The summed E-state index contributed by atoms with van der Waals surface area (Å²) < 4.78 is 0. The van der Waals surface area contributed by atoms with Crippen molar-refractivity contribution in [3.63, 3.8) is 0 Å². The molecule has 82 valence electrons. The lowest BCUT2D eigenvalue weighted by molar-refractivity contribution is -0.114.